The molecule has 0 unspecified atom stereocenters. The van der Waals surface area contributed by atoms with Gasteiger partial charge in [0.05, 0.1) is 18.4 Å². The summed E-state index contributed by atoms with van der Waals surface area (Å²) in [6, 6.07) is 6.86. The van der Waals surface area contributed by atoms with Crippen molar-refractivity contribution in [3.05, 3.63) is 29.8 Å². The molecule has 2 rings (SSSR count). The molecule has 1 aliphatic heterocycles. The number of methoxy groups -OCH3 is 1. The van der Waals surface area contributed by atoms with Crippen LogP contribution in [0.3, 0.4) is 0 Å². The molecule has 0 N–H and O–H groups in total. The molecular formula is C16H22N2O5S. The second-order valence-corrected chi connectivity index (χ2v) is 7.53. The molecule has 1 saturated heterocycles. The lowest BCUT2D eigenvalue weighted by Gasteiger charge is -2.34. The standard InChI is InChI=1S/C16H22N2O5S/c1-13-5-3-4-6-14(13)24(21,22)18-11-9-17(10-12-18)15(19)7-8-16(20)23-2/h3-6H,7-12H2,1-2H3. The van der Waals surface area contributed by atoms with Crippen molar-refractivity contribution in [2.75, 3.05) is 33.3 Å². The van der Waals surface area contributed by atoms with Gasteiger partial charge in [0.25, 0.3) is 0 Å². The summed E-state index contributed by atoms with van der Waals surface area (Å²) in [4.78, 5) is 25.0. The number of esters is 1. The van der Waals surface area contributed by atoms with Gasteiger partial charge in [-0.3, -0.25) is 9.59 Å². The summed E-state index contributed by atoms with van der Waals surface area (Å²) in [5.74, 6) is -0.586. The predicted molar refractivity (Wildman–Crippen MR) is 87.8 cm³/mol. The van der Waals surface area contributed by atoms with Crippen molar-refractivity contribution in [1.82, 2.24) is 9.21 Å². The number of sulfonamides is 1. The van der Waals surface area contributed by atoms with Crippen molar-refractivity contribution in [1.29, 1.82) is 0 Å². The van der Waals surface area contributed by atoms with E-state index in [1.165, 1.54) is 11.4 Å². The fourth-order valence-electron chi connectivity index (χ4n) is 2.63. The van der Waals surface area contributed by atoms with Crippen molar-refractivity contribution in [3.63, 3.8) is 0 Å². The second kappa shape index (κ2) is 7.76. The first-order valence-electron chi connectivity index (χ1n) is 7.76. The average Bonchev–Trinajstić information content (AvgIpc) is 2.59. The Hall–Kier alpha value is -1.93. The molecule has 7 nitrogen and oxygen atoms in total. The van der Waals surface area contributed by atoms with Crippen LogP contribution in [0.15, 0.2) is 29.2 Å². The number of rotatable bonds is 5. The first-order valence-corrected chi connectivity index (χ1v) is 9.20. The maximum atomic E-state index is 12.7. The monoisotopic (exact) mass is 354 g/mol. The Labute approximate surface area is 142 Å². The normalized spacial score (nSPS) is 16.0. The fourth-order valence-corrected chi connectivity index (χ4v) is 4.28. The largest absolute Gasteiger partial charge is 0.469 e. The minimum atomic E-state index is -3.55. The molecule has 1 aliphatic rings. The van der Waals surface area contributed by atoms with Crippen LogP contribution in [0.2, 0.25) is 0 Å². The zero-order valence-electron chi connectivity index (χ0n) is 13.9. The molecule has 1 amide bonds. The molecule has 0 aromatic heterocycles. The topological polar surface area (TPSA) is 84.0 Å². The summed E-state index contributed by atoms with van der Waals surface area (Å²) in [6.45, 7) is 2.91. The lowest BCUT2D eigenvalue weighted by atomic mass is 10.2. The zero-order chi connectivity index (χ0) is 17.7. The quantitative estimate of drug-likeness (QED) is 0.730. The SMILES string of the molecule is COC(=O)CCC(=O)N1CCN(S(=O)(=O)c2ccccc2C)CC1. The van der Waals surface area contributed by atoms with Crippen molar-refractivity contribution >= 4 is 21.9 Å². The van der Waals surface area contributed by atoms with Gasteiger partial charge in [0.1, 0.15) is 0 Å². The molecule has 8 heteroatoms. The van der Waals surface area contributed by atoms with E-state index in [1.54, 1.807) is 36.1 Å². The third kappa shape index (κ3) is 4.12. The van der Waals surface area contributed by atoms with Gasteiger partial charge in [-0.25, -0.2) is 8.42 Å². The Kier molecular flexibility index (Phi) is 5.95. The number of ether oxygens (including phenoxy) is 1. The molecule has 1 aromatic carbocycles. The number of hydrogen-bond donors (Lipinski definition) is 0. The molecule has 0 atom stereocenters. The lowest BCUT2D eigenvalue weighted by molar-refractivity contribution is -0.143. The Balaban J connectivity index is 1.96. The highest BCUT2D eigenvalue weighted by atomic mass is 32.2. The van der Waals surface area contributed by atoms with E-state index in [4.69, 9.17) is 0 Å². The highest BCUT2D eigenvalue weighted by Crippen LogP contribution is 2.21. The number of carbonyl (C=O) groups is 2. The summed E-state index contributed by atoms with van der Waals surface area (Å²) < 4.78 is 31.3. The van der Waals surface area contributed by atoms with Crippen molar-refractivity contribution < 1.29 is 22.7 Å². The molecule has 0 saturated carbocycles. The van der Waals surface area contributed by atoms with Crippen LogP contribution in [0.25, 0.3) is 0 Å². The summed E-state index contributed by atoms with van der Waals surface area (Å²) in [5, 5.41) is 0. The van der Waals surface area contributed by atoms with Gasteiger partial charge < -0.3 is 9.64 Å². The van der Waals surface area contributed by atoms with Crippen LogP contribution in [0, 0.1) is 6.92 Å². The lowest BCUT2D eigenvalue weighted by Crippen LogP contribution is -2.50. The Morgan fingerprint density at radius 3 is 2.29 bits per heavy atom. The van der Waals surface area contributed by atoms with E-state index >= 15 is 0 Å². The van der Waals surface area contributed by atoms with Crippen LogP contribution >= 0.6 is 0 Å². The van der Waals surface area contributed by atoms with Gasteiger partial charge in [-0.2, -0.15) is 4.31 Å². The molecule has 132 valence electrons. The van der Waals surface area contributed by atoms with Crippen LogP contribution in [-0.2, 0) is 24.3 Å². The van der Waals surface area contributed by atoms with E-state index in [-0.39, 0.29) is 31.8 Å². The summed E-state index contributed by atoms with van der Waals surface area (Å²) in [7, 11) is -2.27. The smallest absolute Gasteiger partial charge is 0.306 e. The number of nitrogens with zero attached hydrogens (tertiary/aromatic N) is 2. The summed E-state index contributed by atoms with van der Waals surface area (Å²) >= 11 is 0. The molecular weight excluding hydrogens is 332 g/mol. The van der Waals surface area contributed by atoms with Crippen molar-refractivity contribution in [3.8, 4) is 0 Å². The van der Waals surface area contributed by atoms with Crippen LogP contribution < -0.4 is 0 Å². The summed E-state index contributed by atoms with van der Waals surface area (Å²) in [5.41, 5.74) is 0.703. The van der Waals surface area contributed by atoms with Crippen molar-refractivity contribution in [2.45, 2.75) is 24.7 Å². The molecule has 1 heterocycles. The van der Waals surface area contributed by atoms with E-state index in [0.717, 1.165) is 0 Å². The second-order valence-electron chi connectivity index (χ2n) is 5.63. The van der Waals surface area contributed by atoms with E-state index in [9.17, 15) is 18.0 Å². The van der Waals surface area contributed by atoms with Crippen molar-refractivity contribution in [2.24, 2.45) is 0 Å². The molecule has 0 aliphatic carbocycles. The summed E-state index contributed by atoms with van der Waals surface area (Å²) in [6.07, 6.45) is 0.119. The first-order chi connectivity index (χ1) is 11.4. The number of piperazine rings is 1. The highest BCUT2D eigenvalue weighted by Gasteiger charge is 2.30. The molecule has 0 radical (unpaired) electrons. The molecule has 1 aromatic rings. The van der Waals surface area contributed by atoms with Gasteiger partial charge in [0.2, 0.25) is 15.9 Å². The predicted octanol–water partition coefficient (Wildman–Crippen LogP) is 0.781. The number of benzene rings is 1. The van der Waals surface area contributed by atoms with Crippen LogP contribution in [0.5, 0.6) is 0 Å². The molecule has 1 fully saturated rings. The molecule has 0 spiro atoms. The van der Waals surface area contributed by atoms with Gasteiger partial charge in [-0.05, 0) is 18.6 Å². The molecule has 0 bridgehead atoms. The van der Waals surface area contributed by atoms with Gasteiger partial charge in [0, 0.05) is 32.6 Å². The number of amides is 1. The van der Waals surface area contributed by atoms with Gasteiger partial charge in [0.15, 0.2) is 0 Å². The van der Waals surface area contributed by atoms with E-state index in [2.05, 4.69) is 4.74 Å². The van der Waals surface area contributed by atoms with Crippen LogP contribution in [-0.4, -0.2) is 62.8 Å². The van der Waals surface area contributed by atoms with E-state index < -0.39 is 16.0 Å². The maximum Gasteiger partial charge on any atom is 0.306 e. The zero-order valence-corrected chi connectivity index (χ0v) is 14.7. The Bertz CT molecular complexity index is 709. The van der Waals surface area contributed by atoms with E-state index in [1.807, 2.05) is 0 Å². The van der Waals surface area contributed by atoms with Gasteiger partial charge in [-0.15, -0.1) is 0 Å². The number of carbonyl (C=O) groups excluding carboxylic acids is 2. The minimum absolute atomic E-state index is 0.0387. The first kappa shape index (κ1) is 18.4. The van der Waals surface area contributed by atoms with Crippen LogP contribution in [0.4, 0.5) is 0 Å². The minimum Gasteiger partial charge on any atom is -0.469 e. The number of hydrogen-bond acceptors (Lipinski definition) is 5. The van der Waals surface area contributed by atoms with Crippen LogP contribution in [0.1, 0.15) is 18.4 Å². The fraction of sp³-hybridized carbons (Fsp3) is 0.500. The van der Waals surface area contributed by atoms with E-state index in [0.29, 0.717) is 23.5 Å². The number of aryl methyl sites for hydroxylation is 1. The third-order valence-electron chi connectivity index (χ3n) is 4.07. The highest BCUT2D eigenvalue weighted by molar-refractivity contribution is 7.89. The third-order valence-corrected chi connectivity index (χ3v) is 6.13. The Morgan fingerprint density at radius 1 is 1.08 bits per heavy atom. The maximum absolute atomic E-state index is 12.7. The van der Waals surface area contributed by atoms with Gasteiger partial charge >= 0.3 is 5.97 Å². The average molecular weight is 354 g/mol. The van der Waals surface area contributed by atoms with Gasteiger partial charge in [-0.1, -0.05) is 18.2 Å². The molecule has 24 heavy (non-hydrogen) atoms. The Morgan fingerprint density at radius 2 is 1.71 bits per heavy atom.